The van der Waals surface area contributed by atoms with Crippen LogP contribution >= 0.6 is 0 Å². The van der Waals surface area contributed by atoms with Crippen molar-refractivity contribution in [2.45, 2.75) is 72.5 Å². The molecule has 1 aliphatic heterocycles. The lowest BCUT2D eigenvalue weighted by Crippen LogP contribution is -2.26. The molecule has 2 rings (SSSR count). The van der Waals surface area contributed by atoms with Crippen molar-refractivity contribution < 1.29 is 9.47 Å². The van der Waals surface area contributed by atoms with Crippen LogP contribution in [0.1, 0.15) is 71.8 Å². The van der Waals surface area contributed by atoms with Crippen LogP contribution in [-0.4, -0.2) is 12.9 Å². The first-order valence-corrected chi connectivity index (χ1v) is 8.82. The first-order valence-electron chi connectivity index (χ1n) is 8.82. The molecule has 22 heavy (non-hydrogen) atoms. The Morgan fingerprint density at radius 1 is 1.18 bits per heavy atom. The highest BCUT2D eigenvalue weighted by atomic mass is 16.7. The molecule has 0 bridgehead atoms. The van der Waals surface area contributed by atoms with E-state index in [0.29, 0.717) is 17.3 Å². The molecule has 0 spiro atoms. The molecule has 1 heterocycles. The van der Waals surface area contributed by atoms with Gasteiger partial charge >= 0.3 is 0 Å². The lowest BCUT2D eigenvalue weighted by atomic mass is 9.68. The first kappa shape index (κ1) is 17.3. The third-order valence-electron chi connectivity index (χ3n) is 5.06. The maximum atomic E-state index is 5.94. The molecule has 1 aromatic rings. The van der Waals surface area contributed by atoms with E-state index >= 15 is 0 Å². The van der Waals surface area contributed by atoms with E-state index in [2.05, 4.69) is 58.9 Å². The summed E-state index contributed by atoms with van der Waals surface area (Å²) in [5.74, 6) is 2.12. The van der Waals surface area contributed by atoms with Crippen LogP contribution in [0.2, 0.25) is 0 Å². The van der Waals surface area contributed by atoms with Crippen molar-refractivity contribution >= 4 is 0 Å². The number of rotatable bonds is 6. The minimum Gasteiger partial charge on any atom is -0.465 e. The summed E-state index contributed by atoms with van der Waals surface area (Å²) < 4.78 is 11.6. The van der Waals surface area contributed by atoms with Crippen molar-refractivity contribution in [2.24, 2.45) is 11.3 Å². The summed E-state index contributed by atoms with van der Waals surface area (Å²) >= 11 is 0. The van der Waals surface area contributed by atoms with Crippen LogP contribution in [0, 0.1) is 11.3 Å². The van der Waals surface area contributed by atoms with Crippen LogP contribution in [0.4, 0.5) is 0 Å². The summed E-state index contributed by atoms with van der Waals surface area (Å²) in [5, 5.41) is 0. The van der Waals surface area contributed by atoms with Crippen LogP contribution < -0.4 is 4.74 Å². The molecule has 0 amide bonds. The molecule has 0 N–H and O–H groups in total. The van der Waals surface area contributed by atoms with Crippen LogP contribution in [-0.2, 0) is 4.74 Å². The van der Waals surface area contributed by atoms with E-state index in [0.717, 1.165) is 25.2 Å². The van der Waals surface area contributed by atoms with Gasteiger partial charge in [-0.1, -0.05) is 53.2 Å². The quantitative estimate of drug-likeness (QED) is 0.664. The van der Waals surface area contributed by atoms with Gasteiger partial charge in [-0.05, 0) is 47.8 Å². The van der Waals surface area contributed by atoms with Gasteiger partial charge < -0.3 is 9.47 Å². The van der Waals surface area contributed by atoms with Crippen LogP contribution in [0.3, 0.4) is 0 Å². The SMILES string of the molecule is CCC(C)(C)C(c1ccc(OC2CCCCO2)cc1)C(C)C. The number of hydrogen-bond acceptors (Lipinski definition) is 2. The fourth-order valence-corrected chi connectivity index (χ4v) is 3.67. The molecule has 0 aliphatic carbocycles. The van der Waals surface area contributed by atoms with Gasteiger partial charge in [-0.25, -0.2) is 0 Å². The van der Waals surface area contributed by atoms with Gasteiger partial charge in [-0.3, -0.25) is 0 Å². The molecular formula is C20H32O2. The van der Waals surface area contributed by atoms with Crippen molar-refractivity contribution in [2.75, 3.05) is 6.61 Å². The Labute approximate surface area is 136 Å². The topological polar surface area (TPSA) is 18.5 Å². The maximum Gasteiger partial charge on any atom is 0.199 e. The average molecular weight is 304 g/mol. The van der Waals surface area contributed by atoms with Gasteiger partial charge in [-0.15, -0.1) is 0 Å². The summed E-state index contributed by atoms with van der Waals surface area (Å²) in [4.78, 5) is 0. The Kier molecular flexibility index (Phi) is 5.91. The van der Waals surface area contributed by atoms with Gasteiger partial charge in [0, 0.05) is 6.42 Å². The molecule has 0 radical (unpaired) electrons. The molecular weight excluding hydrogens is 272 g/mol. The molecule has 2 heteroatoms. The van der Waals surface area contributed by atoms with Gasteiger partial charge in [0.15, 0.2) is 6.29 Å². The van der Waals surface area contributed by atoms with Crippen molar-refractivity contribution in [1.82, 2.24) is 0 Å². The zero-order valence-corrected chi connectivity index (χ0v) is 14.9. The van der Waals surface area contributed by atoms with Crippen LogP contribution in [0.25, 0.3) is 0 Å². The van der Waals surface area contributed by atoms with Gasteiger partial charge in [0.1, 0.15) is 5.75 Å². The minimum absolute atomic E-state index is 0.0624. The largest absolute Gasteiger partial charge is 0.465 e. The number of benzene rings is 1. The minimum atomic E-state index is -0.0624. The Balaban J connectivity index is 2.09. The summed E-state index contributed by atoms with van der Waals surface area (Å²) in [7, 11) is 0. The molecule has 1 aliphatic rings. The lowest BCUT2D eigenvalue weighted by Gasteiger charge is -2.37. The number of hydrogen-bond donors (Lipinski definition) is 0. The van der Waals surface area contributed by atoms with Crippen LogP contribution in [0.5, 0.6) is 5.75 Å². The normalized spacial score (nSPS) is 20.9. The lowest BCUT2D eigenvalue weighted by molar-refractivity contribution is -0.105. The molecule has 2 unspecified atom stereocenters. The third-order valence-corrected chi connectivity index (χ3v) is 5.06. The molecule has 1 saturated heterocycles. The van der Waals surface area contributed by atoms with Crippen molar-refractivity contribution in [3.63, 3.8) is 0 Å². The molecule has 0 aromatic heterocycles. The highest BCUT2D eigenvalue weighted by Crippen LogP contribution is 2.43. The fraction of sp³-hybridized carbons (Fsp3) is 0.700. The Bertz CT molecular complexity index is 441. The second-order valence-corrected chi connectivity index (χ2v) is 7.55. The van der Waals surface area contributed by atoms with E-state index in [1.54, 1.807) is 0 Å². The summed E-state index contributed by atoms with van der Waals surface area (Å²) in [6, 6.07) is 8.68. The van der Waals surface area contributed by atoms with E-state index in [1.165, 1.54) is 18.4 Å². The van der Waals surface area contributed by atoms with Gasteiger partial charge in [-0.2, -0.15) is 0 Å². The standard InChI is InChI=1S/C20H32O2/c1-6-20(4,5)19(15(2)3)16-10-12-17(13-11-16)22-18-9-7-8-14-21-18/h10-13,15,18-19H,6-9,14H2,1-5H3. The van der Waals surface area contributed by atoms with E-state index in [9.17, 15) is 0 Å². The second-order valence-electron chi connectivity index (χ2n) is 7.55. The zero-order chi connectivity index (χ0) is 16.2. The predicted octanol–water partition coefficient (Wildman–Crippen LogP) is 5.77. The smallest absolute Gasteiger partial charge is 0.199 e. The highest BCUT2D eigenvalue weighted by molar-refractivity contribution is 5.31. The van der Waals surface area contributed by atoms with E-state index in [-0.39, 0.29) is 6.29 Å². The number of ether oxygens (including phenoxy) is 2. The predicted molar refractivity (Wildman–Crippen MR) is 92.3 cm³/mol. The Hall–Kier alpha value is -1.02. The summed E-state index contributed by atoms with van der Waals surface area (Å²) in [5.41, 5.74) is 1.72. The Morgan fingerprint density at radius 2 is 1.86 bits per heavy atom. The van der Waals surface area contributed by atoms with E-state index in [4.69, 9.17) is 9.47 Å². The first-order chi connectivity index (χ1) is 10.4. The average Bonchev–Trinajstić information content (AvgIpc) is 2.50. The van der Waals surface area contributed by atoms with E-state index in [1.807, 2.05) is 0 Å². The van der Waals surface area contributed by atoms with Crippen molar-refractivity contribution in [3.05, 3.63) is 29.8 Å². The maximum absolute atomic E-state index is 5.94. The van der Waals surface area contributed by atoms with Gasteiger partial charge in [0.05, 0.1) is 6.61 Å². The molecule has 1 fully saturated rings. The summed E-state index contributed by atoms with van der Waals surface area (Å²) in [6.07, 6.45) is 4.47. The fourth-order valence-electron chi connectivity index (χ4n) is 3.67. The van der Waals surface area contributed by atoms with Gasteiger partial charge in [0.25, 0.3) is 0 Å². The van der Waals surface area contributed by atoms with Crippen molar-refractivity contribution in [3.8, 4) is 5.75 Å². The third kappa shape index (κ3) is 4.25. The van der Waals surface area contributed by atoms with E-state index < -0.39 is 0 Å². The Morgan fingerprint density at radius 3 is 2.36 bits per heavy atom. The molecule has 0 saturated carbocycles. The zero-order valence-electron chi connectivity index (χ0n) is 14.9. The van der Waals surface area contributed by atoms with Crippen molar-refractivity contribution in [1.29, 1.82) is 0 Å². The molecule has 1 aromatic carbocycles. The molecule has 124 valence electrons. The van der Waals surface area contributed by atoms with Gasteiger partial charge in [0.2, 0.25) is 0 Å². The summed E-state index contributed by atoms with van der Waals surface area (Å²) in [6.45, 7) is 12.5. The molecule has 2 nitrogen and oxygen atoms in total. The molecule has 2 atom stereocenters. The second kappa shape index (κ2) is 7.50. The monoisotopic (exact) mass is 304 g/mol. The van der Waals surface area contributed by atoms with Crippen LogP contribution in [0.15, 0.2) is 24.3 Å². The highest BCUT2D eigenvalue weighted by Gasteiger charge is 2.31.